The molecule has 1 spiro atoms. The Morgan fingerprint density at radius 3 is 2.55 bits per heavy atom. The molecule has 2 unspecified atom stereocenters. The quantitative estimate of drug-likeness (QED) is 0.518. The molecule has 2 fully saturated rings. The number of halogens is 2. The molecule has 0 saturated carbocycles. The van der Waals surface area contributed by atoms with Crippen molar-refractivity contribution in [3.05, 3.63) is 83.0 Å². The van der Waals surface area contributed by atoms with E-state index in [1.54, 1.807) is 23.1 Å². The number of hydrogen-bond donors (Lipinski definition) is 2. The Morgan fingerprint density at radius 1 is 1.16 bits per heavy atom. The van der Waals surface area contributed by atoms with Crippen molar-refractivity contribution in [2.75, 3.05) is 31.1 Å². The number of rotatable bonds is 7. The zero-order valence-corrected chi connectivity index (χ0v) is 21.3. The molecule has 0 amide bonds. The lowest BCUT2D eigenvalue weighted by Crippen LogP contribution is -2.46. The van der Waals surface area contributed by atoms with Crippen molar-refractivity contribution in [1.82, 2.24) is 4.90 Å². The molecule has 2 aromatic rings. The van der Waals surface area contributed by atoms with E-state index in [0.29, 0.717) is 38.2 Å². The van der Waals surface area contributed by atoms with E-state index in [9.17, 15) is 18.7 Å². The van der Waals surface area contributed by atoms with Crippen LogP contribution in [0.1, 0.15) is 53.6 Å². The summed E-state index contributed by atoms with van der Waals surface area (Å²) in [5.74, 6) is -2.03. The predicted molar refractivity (Wildman–Crippen MR) is 138 cm³/mol. The number of anilines is 1. The lowest BCUT2D eigenvalue weighted by atomic mass is 9.87. The molecule has 1 aliphatic carbocycles. The smallest absolute Gasteiger partial charge is 0.335 e. The van der Waals surface area contributed by atoms with Gasteiger partial charge in [0, 0.05) is 37.7 Å². The second-order valence-corrected chi connectivity index (χ2v) is 10.1. The molecule has 7 nitrogen and oxygen atoms in total. The van der Waals surface area contributed by atoms with Crippen LogP contribution in [0.3, 0.4) is 0 Å². The van der Waals surface area contributed by atoms with Crippen LogP contribution in [0.25, 0.3) is 0 Å². The van der Waals surface area contributed by atoms with Gasteiger partial charge >= 0.3 is 5.97 Å². The topological polar surface area (TPSA) is 82.5 Å². The molecule has 2 atom stereocenters. The van der Waals surface area contributed by atoms with Gasteiger partial charge in [-0.2, -0.15) is 0 Å². The normalized spacial score (nSPS) is 23.3. The maximum Gasteiger partial charge on any atom is 0.335 e. The number of piperidine rings is 1. The standard InChI is InChI=1S/C29H32F2N2O5/c1-2-37-23-8-9-24(20-5-10-25(30)26(31)16-20)21(15-23)17-32-13-11-29(12-14-32)18-33(28(36)38-29)22-6-3-19(4-7-22)27(34)35/h3-10,15,20,28,36H,2,11-14,16-18H2,1H3,(H,34,35). The number of aliphatic hydroxyl groups is 1. The number of nitrogens with zero attached hydrogens (tertiary/aromatic N) is 2. The monoisotopic (exact) mass is 526 g/mol. The number of carboxylic acids is 1. The van der Waals surface area contributed by atoms with E-state index in [1.807, 2.05) is 25.1 Å². The van der Waals surface area contributed by atoms with Crippen molar-refractivity contribution in [1.29, 1.82) is 0 Å². The van der Waals surface area contributed by atoms with Gasteiger partial charge in [0.1, 0.15) is 11.6 Å². The number of aromatic carboxylic acids is 1. The first-order valence-corrected chi connectivity index (χ1v) is 12.9. The summed E-state index contributed by atoms with van der Waals surface area (Å²) in [6.45, 7) is 5.06. The third kappa shape index (κ3) is 5.45. The summed E-state index contributed by atoms with van der Waals surface area (Å²) >= 11 is 0. The van der Waals surface area contributed by atoms with Crippen LogP contribution in [0.4, 0.5) is 14.5 Å². The lowest BCUT2D eigenvalue weighted by Gasteiger charge is -2.38. The Kier molecular flexibility index (Phi) is 7.52. The van der Waals surface area contributed by atoms with E-state index in [0.717, 1.165) is 30.0 Å². The molecule has 2 saturated heterocycles. The largest absolute Gasteiger partial charge is 0.494 e. The first-order valence-electron chi connectivity index (χ1n) is 12.9. The van der Waals surface area contributed by atoms with Crippen LogP contribution >= 0.6 is 0 Å². The Labute approximate surface area is 220 Å². The summed E-state index contributed by atoms with van der Waals surface area (Å²) in [6.07, 6.45) is 3.24. The molecule has 5 rings (SSSR count). The number of aliphatic hydroxyl groups excluding tert-OH is 1. The maximum absolute atomic E-state index is 14.1. The van der Waals surface area contributed by atoms with Gasteiger partial charge in [-0.15, -0.1) is 0 Å². The molecule has 0 aromatic heterocycles. The van der Waals surface area contributed by atoms with Gasteiger partial charge in [0.05, 0.1) is 24.3 Å². The molecule has 2 aromatic carbocycles. The highest BCUT2D eigenvalue weighted by atomic mass is 19.2. The van der Waals surface area contributed by atoms with Crippen LogP contribution in [0.5, 0.6) is 5.75 Å². The predicted octanol–water partition coefficient (Wildman–Crippen LogP) is 5.12. The van der Waals surface area contributed by atoms with Gasteiger partial charge in [-0.25, -0.2) is 13.6 Å². The van der Waals surface area contributed by atoms with E-state index in [1.165, 1.54) is 18.2 Å². The SMILES string of the molecule is CCOc1ccc(C2C=CC(F)=C(F)C2)c(CN2CCC3(CC2)CN(c2ccc(C(=O)O)cc2)C(O)O3)c1. The van der Waals surface area contributed by atoms with E-state index >= 15 is 0 Å². The summed E-state index contributed by atoms with van der Waals surface area (Å²) in [6, 6.07) is 12.2. The molecule has 2 N–H and O–H groups in total. The summed E-state index contributed by atoms with van der Waals surface area (Å²) in [7, 11) is 0. The fourth-order valence-electron chi connectivity index (χ4n) is 5.56. The van der Waals surface area contributed by atoms with Gasteiger partial charge < -0.3 is 24.6 Å². The Bertz CT molecular complexity index is 1240. The Balaban J connectivity index is 1.26. The highest BCUT2D eigenvalue weighted by Gasteiger charge is 2.46. The molecule has 0 bridgehead atoms. The minimum Gasteiger partial charge on any atom is -0.494 e. The number of hydrogen-bond acceptors (Lipinski definition) is 6. The van der Waals surface area contributed by atoms with Gasteiger partial charge in [0.2, 0.25) is 6.41 Å². The van der Waals surface area contributed by atoms with E-state index < -0.39 is 29.6 Å². The van der Waals surface area contributed by atoms with E-state index in [4.69, 9.17) is 14.6 Å². The first kappa shape index (κ1) is 26.3. The van der Waals surface area contributed by atoms with Crippen molar-refractivity contribution < 1.29 is 33.3 Å². The molecule has 38 heavy (non-hydrogen) atoms. The zero-order chi connectivity index (χ0) is 26.9. The summed E-state index contributed by atoms with van der Waals surface area (Å²) in [4.78, 5) is 15.2. The molecular formula is C29H32F2N2O5. The van der Waals surface area contributed by atoms with Crippen molar-refractivity contribution in [3.63, 3.8) is 0 Å². The van der Waals surface area contributed by atoms with Gasteiger partial charge in [0.25, 0.3) is 0 Å². The third-order valence-electron chi connectivity index (χ3n) is 7.65. The van der Waals surface area contributed by atoms with Gasteiger partial charge in [-0.3, -0.25) is 4.90 Å². The molecular weight excluding hydrogens is 494 g/mol. The van der Waals surface area contributed by atoms with Crippen LogP contribution in [-0.4, -0.2) is 59.3 Å². The second kappa shape index (κ2) is 10.8. The fraction of sp³-hybridized carbons (Fsp3) is 0.414. The van der Waals surface area contributed by atoms with Crippen LogP contribution in [0, 0.1) is 0 Å². The minimum atomic E-state index is -1.10. The average Bonchev–Trinajstić information content (AvgIpc) is 3.23. The summed E-state index contributed by atoms with van der Waals surface area (Å²) < 4.78 is 39.4. The number of benzene rings is 2. The van der Waals surface area contributed by atoms with Crippen LogP contribution in [0.15, 0.2) is 66.3 Å². The summed E-state index contributed by atoms with van der Waals surface area (Å²) in [5, 5.41) is 19.8. The highest BCUT2D eigenvalue weighted by molar-refractivity contribution is 5.88. The fourth-order valence-corrected chi connectivity index (χ4v) is 5.56. The highest BCUT2D eigenvalue weighted by Crippen LogP contribution is 2.39. The number of carbonyl (C=O) groups is 1. The minimum absolute atomic E-state index is 0.00142. The van der Waals surface area contributed by atoms with Crippen molar-refractivity contribution in [2.45, 2.75) is 50.7 Å². The van der Waals surface area contributed by atoms with Gasteiger partial charge in [-0.05, 0) is 73.4 Å². The molecule has 3 aliphatic rings. The van der Waals surface area contributed by atoms with Crippen molar-refractivity contribution in [2.24, 2.45) is 0 Å². The second-order valence-electron chi connectivity index (χ2n) is 10.1. The molecule has 9 heteroatoms. The molecule has 202 valence electrons. The van der Waals surface area contributed by atoms with E-state index in [-0.39, 0.29) is 17.9 Å². The Hall–Kier alpha value is -3.27. The van der Waals surface area contributed by atoms with Crippen LogP contribution in [0.2, 0.25) is 0 Å². The molecule has 0 radical (unpaired) electrons. The van der Waals surface area contributed by atoms with Gasteiger partial charge in [-0.1, -0.05) is 12.1 Å². The number of allylic oxidation sites excluding steroid dienone is 4. The number of likely N-dealkylation sites (tertiary alicyclic amines) is 1. The average molecular weight is 527 g/mol. The van der Waals surface area contributed by atoms with Crippen LogP contribution in [-0.2, 0) is 11.3 Å². The lowest BCUT2D eigenvalue weighted by molar-refractivity contribution is -0.151. The third-order valence-corrected chi connectivity index (χ3v) is 7.65. The molecule has 2 heterocycles. The first-order chi connectivity index (χ1) is 18.3. The van der Waals surface area contributed by atoms with Crippen molar-refractivity contribution >= 4 is 11.7 Å². The number of ether oxygens (including phenoxy) is 2. The summed E-state index contributed by atoms with van der Waals surface area (Å²) in [5.41, 5.74) is 2.36. The zero-order valence-electron chi connectivity index (χ0n) is 21.3. The Morgan fingerprint density at radius 2 is 1.89 bits per heavy atom. The molecule has 2 aliphatic heterocycles. The maximum atomic E-state index is 14.1. The van der Waals surface area contributed by atoms with Gasteiger partial charge in [0.15, 0.2) is 5.83 Å². The van der Waals surface area contributed by atoms with E-state index in [2.05, 4.69) is 4.90 Å². The van der Waals surface area contributed by atoms with Crippen LogP contribution < -0.4 is 9.64 Å². The number of carboxylic acid groups (broad SMARTS) is 1. The van der Waals surface area contributed by atoms with Crippen molar-refractivity contribution in [3.8, 4) is 5.75 Å².